The first-order chi connectivity index (χ1) is 9.38. The molecule has 0 fully saturated rings. The fourth-order valence-corrected chi connectivity index (χ4v) is 1.31. The molecule has 0 unspecified atom stereocenters. The number of alkyl halides is 3. The van der Waals surface area contributed by atoms with Crippen LogP contribution in [0.1, 0.15) is 11.1 Å². The largest absolute Gasteiger partial charge is 0.416 e. The molecule has 0 heterocycles. The summed E-state index contributed by atoms with van der Waals surface area (Å²) in [5.41, 5.74) is -0.152. The molecule has 0 saturated carbocycles. The van der Waals surface area contributed by atoms with E-state index in [1.54, 1.807) is 0 Å². The van der Waals surface area contributed by atoms with Crippen LogP contribution in [-0.2, 0) is 11.0 Å². The first-order valence-corrected chi connectivity index (χ1v) is 5.57. The highest BCUT2D eigenvalue weighted by Crippen LogP contribution is 2.28. The first kappa shape index (κ1) is 15.5. The molecule has 1 aromatic rings. The van der Waals surface area contributed by atoms with Crippen molar-refractivity contribution in [1.82, 2.24) is 0 Å². The lowest BCUT2D eigenvalue weighted by Gasteiger charge is -2.05. The average molecular weight is 276 g/mol. The van der Waals surface area contributed by atoms with Crippen LogP contribution in [-0.4, -0.2) is 5.78 Å². The zero-order valence-corrected chi connectivity index (χ0v) is 10.5. The van der Waals surface area contributed by atoms with E-state index < -0.39 is 17.5 Å². The van der Waals surface area contributed by atoms with Gasteiger partial charge in [0.1, 0.15) is 0 Å². The van der Waals surface area contributed by atoms with Crippen LogP contribution in [0.2, 0.25) is 0 Å². The average Bonchev–Trinajstić information content (AvgIpc) is 2.41. The van der Waals surface area contributed by atoms with Crippen molar-refractivity contribution < 1.29 is 18.0 Å². The number of rotatable bonds is 3. The van der Waals surface area contributed by atoms with Gasteiger partial charge in [0.25, 0.3) is 0 Å². The predicted octanol–water partition coefficient (Wildman–Crippen LogP) is 3.92. The molecule has 0 atom stereocenters. The Bertz CT molecular complexity index is 608. The number of benzene rings is 1. The summed E-state index contributed by atoms with van der Waals surface area (Å²) in [5, 5.41) is 0. The third-order valence-corrected chi connectivity index (χ3v) is 2.31. The number of allylic oxidation sites excluding steroid dienone is 4. The van der Waals surface area contributed by atoms with Crippen molar-refractivity contribution in [3.05, 3.63) is 72.4 Å². The standard InChI is InChI=1S/C16H11F3O/c1-3-5-13(4-2)15(20)11-8-12-6-9-14(10-7-12)16(17,18)19/h3-7,9-10H,1-2H2/b13-5+. The maximum Gasteiger partial charge on any atom is 0.416 e. The highest BCUT2D eigenvalue weighted by atomic mass is 19.4. The Labute approximate surface area is 115 Å². The van der Waals surface area contributed by atoms with Crippen molar-refractivity contribution >= 4 is 5.78 Å². The zero-order valence-electron chi connectivity index (χ0n) is 10.5. The highest BCUT2D eigenvalue weighted by Gasteiger charge is 2.29. The minimum absolute atomic E-state index is 0.277. The van der Waals surface area contributed by atoms with Crippen LogP contribution < -0.4 is 0 Å². The predicted molar refractivity (Wildman–Crippen MR) is 71.8 cm³/mol. The third-order valence-electron chi connectivity index (χ3n) is 2.31. The van der Waals surface area contributed by atoms with E-state index in [4.69, 9.17) is 0 Å². The normalized spacial score (nSPS) is 11.2. The van der Waals surface area contributed by atoms with Crippen LogP contribution in [0.5, 0.6) is 0 Å². The Morgan fingerprint density at radius 3 is 2.20 bits per heavy atom. The minimum Gasteiger partial charge on any atom is -0.279 e. The van der Waals surface area contributed by atoms with Crippen LogP contribution in [0.25, 0.3) is 0 Å². The van der Waals surface area contributed by atoms with Gasteiger partial charge in [-0.2, -0.15) is 13.2 Å². The Morgan fingerprint density at radius 1 is 1.15 bits per heavy atom. The van der Waals surface area contributed by atoms with E-state index in [9.17, 15) is 18.0 Å². The van der Waals surface area contributed by atoms with Crippen molar-refractivity contribution in [3.8, 4) is 11.8 Å². The first-order valence-electron chi connectivity index (χ1n) is 5.57. The Kier molecular flexibility index (Phi) is 5.10. The summed E-state index contributed by atoms with van der Waals surface area (Å²) in [4.78, 5) is 11.6. The number of hydrogen-bond donors (Lipinski definition) is 0. The van der Waals surface area contributed by atoms with Gasteiger partial charge in [-0.05, 0) is 30.2 Å². The van der Waals surface area contributed by atoms with E-state index in [0.717, 1.165) is 12.1 Å². The summed E-state index contributed by atoms with van der Waals surface area (Å²) in [7, 11) is 0. The Hall–Kier alpha value is -2.54. The van der Waals surface area contributed by atoms with Crippen LogP contribution in [0.15, 0.2) is 61.2 Å². The van der Waals surface area contributed by atoms with Crippen molar-refractivity contribution in [2.24, 2.45) is 0 Å². The van der Waals surface area contributed by atoms with E-state index in [1.807, 2.05) is 0 Å². The van der Waals surface area contributed by atoms with Gasteiger partial charge in [0, 0.05) is 11.1 Å². The van der Waals surface area contributed by atoms with E-state index in [2.05, 4.69) is 25.0 Å². The van der Waals surface area contributed by atoms with E-state index in [0.29, 0.717) is 5.56 Å². The van der Waals surface area contributed by atoms with Gasteiger partial charge in [-0.15, -0.1) is 0 Å². The number of carbonyl (C=O) groups is 1. The van der Waals surface area contributed by atoms with Crippen molar-refractivity contribution in [3.63, 3.8) is 0 Å². The zero-order chi connectivity index (χ0) is 15.2. The van der Waals surface area contributed by atoms with Gasteiger partial charge in [0.05, 0.1) is 5.56 Å². The monoisotopic (exact) mass is 276 g/mol. The molecule has 0 aliphatic rings. The maximum atomic E-state index is 12.4. The van der Waals surface area contributed by atoms with E-state index in [1.165, 1.54) is 30.4 Å². The fraction of sp³-hybridized carbons (Fsp3) is 0.0625. The summed E-state index contributed by atoms with van der Waals surface area (Å²) >= 11 is 0. The minimum atomic E-state index is -4.38. The van der Waals surface area contributed by atoms with E-state index >= 15 is 0 Å². The molecule has 0 radical (unpaired) electrons. The van der Waals surface area contributed by atoms with Crippen LogP contribution >= 0.6 is 0 Å². The van der Waals surface area contributed by atoms with Crippen LogP contribution in [0.4, 0.5) is 13.2 Å². The number of carbonyl (C=O) groups excluding carboxylic acids is 1. The van der Waals surface area contributed by atoms with Crippen molar-refractivity contribution in [1.29, 1.82) is 0 Å². The topological polar surface area (TPSA) is 17.1 Å². The summed E-state index contributed by atoms with van der Waals surface area (Å²) < 4.78 is 37.1. The Morgan fingerprint density at radius 2 is 1.75 bits per heavy atom. The van der Waals surface area contributed by atoms with Gasteiger partial charge < -0.3 is 0 Å². The lowest BCUT2D eigenvalue weighted by atomic mass is 10.1. The molecule has 102 valence electrons. The summed E-state index contributed by atoms with van der Waals surface area (Å²) in [6.45, 7) is 6.92. The molecular weight excluding hydrogens is 265 g/mol. The summed E-state index contributed by atoms with van der Waals surface area (Å²) in [6.07, 6.45) is -0.165. The number of halogens is 3. The molecule has 0 saturated heterocycles. The Balaban J connectivity index is 2.93. The molecular formula is C16H11F3O. The molecule has 1 aromatic carbocycles. The van der Waals surface area contributed by atoms with Gasteiger partial charge in [0.15, 0.2) is 0 Å². The quantitative estimate of drug-likeness (QED) is 0.464. The highest BCUT2D eigenvalue weighted by molar-refractivity contribution is 6.10. The van der Waals surface area contributed by atoms with Crippen molar-refractivity contribution in [2.45, 2.75) is 6.18 Å². The molecule has 0 amide bonds. The molecule has 0 spiro atoms. The molecule has 1 rings (SSSR count). The molecule has 0 bridgehead atoms. The SMILES string of the molecule is C=C/C=C(\C=C)C(=O)C#Cc1ccc(C(F)(F)F)cc1. The van der Waals surface area contributed by atoms with Gasteiger partial charge in [-0.25, -0.2) is 0 Å². The number of ketones is 1. The smallest absolute Gasteiger partial charge is 0.279 e. The second kappa shape index (κ2) is 6.58. The molecule has 0 aliphatic carbocycles. The van der Waals surface area contributed by atoms with Crippen molar-refractivity contribution in [2.75, 3.05) is 0 Å². The summed E-state index contributed by atoms with van der Waals surface area (Å²) in [6, 6.07) is 4.27. The molecule has 1 nitrogen and oxygen atoms in total. The molecule has 20 heavy (non-hydrogen) atoms. The number of Topliss-reactive ketones (excluding diaryl/α,β-unsaturated/α-hetero) is 1. The van der Waals surface area contributed by atoms with Gasteiger partial charge in [0.2, 0.25) is 5.78 Å². The maximum absolute atomic E-state index is 12.4. The molecule has 4 heteroatoms. The second-order valence-corrected chi connectivity index (χ2v) is 3.72. The fourth-order valence-electron chi connectivity index (χ4n) is 1.31. The van der Waals surface area contributed by atoms with Crippen LogP contribution in [0.3, 0.4) is 0 Å². The molecule has 0 aromatic heterocycles. The van der Waals surface area contributed by atoms with Gasteiger partial charge in [-0.1, -0.05) is 37.3 Å². The summed E-state index contributed by atoms with van der Waals surface area (Å²) in [5.74, 6) is 4.37. The van der Waals surface area contributed by atoms with E-state index in [-0.39, 0.29) is 5.57 Å². The second-order valence-electron chi connectivity index (χ2n) is 3.72. The third kappa shape index (κ3) is 4.29. The molecule has 0 aliphatic heterocycles. The lowest BCUT2D eigenvalue weighted by Crippen LogP contribution is -2.04. The lowest BCUT2D eigenvalue weighted by molar-refractivity contribution is -0.137. The van der Waals surface area contributed by atoms with Gasteiger partial charge in [-0.3, -0.25) is 4.79 Å². The number of hydrogen-bond acceptors (Lipinski definition) is 1. The molecule has 0 N–H and O–H groups in total. The van der Waals surface area contributed by atoms with Gasteiger partial charge >= 0.3 is 6.18 Å². The van der Waals surface area contributed by atoms with Crippen LogP contribution in [0, 0.1) is 11.8 Å².